The van der Waals surface area contributed by atoms with E-state index in [4.69, 9.17) is 11.6 Å². The van der Waals surface area contributed by atoms with Crippen molar-refractivity contribution >= 4 is 27.4 Å². The summed E-state index contributed by atoms with van der Waals surface area (Å²) in [4.78, 5) is 3.19. The molecule has 0 bridgehead atoms. The van der Waals surface area contributed by atoms with Crippen LogP contribution in [-0.2, 0) is 16.2 Å². The smallest absolute Gasteiger partial charge is 0.263 e. The molecule has 112 valence electrons. The molecule has 0 saturated heterocycles. The third kappa shape index (κ3) is 3.85. The summed E-state index contributed by atoms with van der Waals surface area (Å²) in [6.45, 7) is 0. The van der Waals surface area contributed by atoms with Crippen LogP contribution >= 0.6 is 11.6 Å². The Morgan fingerprint density at radius 2 is 1.76 bits per heavy atom. The van der Waals surface area contributed by atoms with Gasteiger partial charge in [0.15, 0.2) is 0 Å². The van der Waals surface area contributed by atoms with Crippen LogP contribution < -0.4 is 4.72 Å². The van der Waals surface area contributed by atoms with Crippen LogP contribution in [0.2, 0.25) is 5.15 Å². The number of sulfonamides is 1. The van der Waals surface area contributed by atoms with Crippen LogP contribution in [0.1, 0.15) is 5.56 Å². The Hall–Kier alpha value is -1.80. The summed E-state index contributed by atoms with van der Waals surface area (Å²) in [5, 5.41) is 0.0549. The molecule has 0 unspecified atom stereocenters. The fourth-order valence-corrected chi connectivity index (χ4v) is 2.71. The first-order valence-corrected chi connectivity index (χ1v) is 7.37. The highest BCUT2D eigenvalue weighted by molar-refractivity contribution is 7.92. The molecule has 1 heterocycles. The Morgan fingerprint density at radius 1 is 1.10 bits per heavy atom. The van der Waals surface area contributed by atoms with Gasteiger partial charge in [-0.15, -0.1) is 0 Å². The minimum atomic E-state index is -4.63. The Balaban J connectivity index is 2.36. The Morgan fingerprint density at radius 3 is 2.38 bits per heavy atom. The van der Waals surface area contributed by atoms with Crippen LogP contribution in [0.3, 0.4) is 0 Å². The van der Waals surface area contributed by atoms with Gasteiger partial charge < -0.3 is 0 Å². The van der Waals surface area contributed by atoms with Crippen molar-refractivity contribution in [2.24, 2.45) is 0 Å². The quantitative estimate of drug-likeness (QED) is 0.872. The maximum Gasteiger partial charge on any atom is 0.416 e. The number of nitrogens with zero attached hydrogens (tertiary/aromatic N) is 1. The first-order valence-electron chi connectivity index (χ1n) is 5.51. The Bertz CT molecular complexity index is 763. The molecule has 0 spiro atoms. The number of alkyl halides is 3. The summed E-state index contributed by atoms with van der Waals surface area (Å²) in [5.74, 6) is -0.0834. The van der Waals surface area contributed by atoms with E-state index in [1.54, 1.807) is 0 Å². The Labute approximate surface area is 123 Å². The molecule has 2 aromatic rings. The predicted molar refractivity (Wildman–Crippen MR) is 71.5 cm³/mol. The molecule has 1 aromatic carbocycles. The van der Waals surface area contributed by atoms with E-state index in [0.717, 1.165) is 18.2 Å². The molecule has 1 N–H and O–H groups in total. The van der Waals surface area contributed by atoms with Crippen molar-refractivity contribution in [2.75, 3.05) is 4.72 Å². The second-order valence-corrected chi connectivity index (χ2v) is 6.05. The number of hydrogen-bond acceptors (Lipinski definition) is 3. The monoisotopic (exact) mass is 336 g/mol. The van der Waals surface area contributed by atoms with Crippen LogP contribution in [0.15, 0.2) is 47.4 Å². The van der Waals surface area contributed by atoms with Crippen LogP contribution in [0, 0.1) is 0 Å². The molecule has 0 atom stereocenters. The number of aromatic nitrogens is 1. The van der Waals surface area contributed by atoms with Crippen molar-refractivity contribution < 1.29 is 21.6 Å². The summed E-state index contributed by atoms with van der Waals surface area (Å²) in [7, 11) is -4.18. The summed E-state index contributed by atoms with van der Waals surface area (Å²) < 4.78 is 63.9. The number of nitrogens with one attached hydrogen (secondary N) is 1. The molecule has 2 rings (SSSR count). The topological polar surface area (TPSA) is 59.1 Å². The SMILES string of the molecule is O=S(=O)(Nc1cccc(Cl)n1)c1cccc(C(F)(F)F)c1. The van der Waals surface area contributed by atoms with Gasteiger partial charge in [-0.1, -0.05) is 23.7 Å². The minimum absolute atomic E-state index is 0.0549. The standard InChI is InChI=1S/C12H8ClF3N2O2S/c13-10-5-2-6-11(17-10)18-21(19,20)9-4-1-3-8(7-9)12(14,15)16/h1-7H,(H,17,18). The summed E-state index contributed by atoms with van der Waals surface area (Å²) >= 11 is 5.61. The molecule has 0 aliphatic heterocycles. The molecular weight excluding hydrogens is 329 g/mol. The van der Waals surface area contributed by atoms with Crippen molar-refractivity contribution in [3.05, 3.63) is 53.2 Å². The zero-order chi connectivity index (χ0) is 15.7. The number of halogens is 4. The largest absolute Gasteiger partial charge is 0.416 e. The van der Waals surface area contributed by atoms with Gasteiger partial charge in [-0.2, -0.15) is 13.2 Å². The lowest BCUT2D eigenvalue weighted by Crippen LogP contribution is -2.15. The third-order valence-corrected chi connectivity index (χ3v) is 3.99. The van der Waals surface area contributed by atoms with Gasteiger partial charge in [-0.3, -0.25) is 4.72 Å². The van der Waals surface area contributed by atoms with E-state index in [1.807, 2.05) is 0 Å². The first-order chi connectivity index (χ1) is 9.68. The van der Waals surface area contributed by atoms with Gasteiger partial charge in [0.2, 0.25) is 0 Å². The highest BCUT2D eigenvalue weighted by atomic mass is 35.5. The normalized spacial score (nSPS) is 12.2. The molecule has 21 heavy (non-hydrogen) atoms. The number of hydrogen-bond donors (Lipinski definition) is 1. The summed E-state index contributed by atoms with van der Waals surface area (Å²) in [5.41, 5.74) is -1.05. The van der Waals surface area contributed by atoms with Crippen molar-refractivity contribution in [1.82, 2.24) is 4.98 Å². The van der Waals surface area contributed by atoms with Crippen LogP contribution in [-0.4, -0.2) is 13.4 Å². The molecule has 4 nitrogen and oxygen atoms in total. The van der Waals surface area contributed by atoms with Crippen molar-refractivity contribution in [3.63, 3.8) is 0 Å². The lowest BCUT2D eigenvalue weighted by atomic mass is 10.2. The highest BCUT2D eigenvalue weighted by Gasteiger charge is 2.31. The molecule has 9 heteroatoms. The van der Waals surface area contributed by atoms with Gasteiger partial charge in [0.25, 0.3) is 10.0 Å². The molecule has 1 aromatic heterocycles. The maximum atomic E-state index is 12.6. The molecule has 0 aliphatic rings. The molecule has 0 aliphatic carbocycles. The molecular formula is C12H8ClF3N2O2S. The van der Waals surface area contributed by atoms with Gasteiger partial charge in [-0.05, 0) is 30.3 Å². The van der Waals surface area contributed by atoms with E-state index in [9.17, 15) is 21.6 Å². The van der Waals surface area contributed by atoms with Gasteiger partial charge in [0.05, 0.1) is 10.5 Å². The van der Waals surface area contributed by atoms with Crippen molar-refractivity contribution in [3.8, 4) is 0 Å². The van der Waals surface area contributed by atoms with E-state index in [1.165, 1.54) is 18.2 Å². The fourth-order valence-electron chi connectivity index (χ4n) is 1.50. The van der Waals surface area contributed by atoms with E-state index in [2.05, 4.69) is 9.71 Å². The average molecular weight is 337 g/mol. The van der Waals surface area contributed by atoms with Crippen LogP contribution in [0.5, 0.6) is 0 Å². The zero-order valence-corrected chi connectivity index (χ0v) is 11.8. The highest BCUT2D eigenvalue weighted by Crippen LogP contribution is 2.30. The fraction of sp³-hybridized carbons (Fsp3) is 0.0833. The molecule has 0 saturated carbocycles. The minimum Gasteiger partial charge on any atom is -0.263 e. The number of pyridine rings is 1. The maximum absolute atomic E-state index is 12.6. The van der Waals surface area contributed by atoms with Crippen molar-refractivity contribution in [1.29, 1.82) is 0 Å². The van der Waals surface area contributed by atoms with Gasteiger partial charge >= 0.3 is 6.18 Å². The van der Waals surface area contributed by atoms with Crippen molar-refractivity contribution in [2.45, 2.75) is 11.1 Å². The number of rotatable bonds is 3. The van der Waals surface area contributed by atoms with E-state index >= 15 is 0 Å². The lowest BCUT2D eigenvalue weighted by molar-refractivity contribution is -0.137. The van der Waals surface area contributed by atoms with Gasteiger partial charge in [0, 0.05) is 0 Å². The van der Waals surface area contributed by atoms with Crippen LogP contribution in [0.4, 0.5) is 19.0 Å². The molecule has 0 amide bonds. The average Bonchev–Trinajstić information content (AvgIpc) is 2.37. The lowest BCUT2D eigenvalue weighted by Gasteiger charge is -2.10. The second kappa shape index (κ2) is 5.53. The summed E-state index contributed by atoms with van der Waals surface area (Å²) in [6.07, 6.45) is -4.63. The van der Waals surface area contributed by atoms with E-state index < -0.39 is 26.7 Å². The van der Waals surface area contributed by atoms with Gasteiger partial charge in [0.1, 0.15) is 11.0 Å². The Kier molecular flexibility index (Phi) is 4.11. The summed E-state index contributed by atoms with van der Waals surface area (Å²) in [6, 6.07) is 7.63. The molecule has 0 fully saturated rings. The zero-order valence-electron chi connectivity index (χ0n) is 10.2. The second-order valence-electron chi connectivity index (χ2n) is 3.98. The number of benzene rings is 1. The number of anilines is 1. The van der Waals surface area contributed by atoms with Crippen LogP contribution in [0.25, 0.3) is 0 Å². The predicted octanol–water partition coefficient (Wildman–Crippen LogP) is 3.55. The van der Waals surface area contributed by atoms with E-state index in [0.29, 0.717) is 6.07 Å². The molecule has 0 radical (unpaired) electrons. The van der Waals surface area contributed by atoms with Gasteiger partial charge in [-0.25, -0.2) is 13.4 Å². The third-order valence-electron chi connectivity index (χ3n) is 2.43. The first kappa shape index (κ1) is 15.6. The van der Waals surface area contributed by atoms with E-state index in [-0.39, 0.29) is 11.0 Å².